The van der Waals surface area contributed by atoms with E-state index in [0.29, 0.717) is 61.1 Å². The van der Waals surface area contributed by atoms with E-state index in [2.05, 4.69) is 15.0 Å². The second-order valence-corrected chi connectivity index (χ2v) is 6.12. The van der Waals surface area contributed by atoms with Crippen molar-refractivity contribution < 1.29 is 17.9 Å². The number of hydrogen-bond donors (Lipinski definition) is 0. The van der Waals surface area contributed by atoms with Crippen LogP contribution in [-0.2, 0) is 6.18 Å². The van der Waals surface area contributed by atoms with E-state index in [1.807, 2.05) is 16.7 Å². The van der Waals surface area contributed by atoms with Crippen molar-refractivity contribution in [3.05, 3.63) is 23.3 Å². The summed E-state index contributed by atoms with van der Waals surface area (Å²) in [6, 6.07) is 1.69. The van der Waals surface area contributed by atoms with Gasteiger partial charge in [0.15, 0.2) is 5.13 Å². The first-order valence-electron chi connectivity index (χ1n) is 7.46. The highest BCUT2D eigenvalue weighted by molar-refractivity contribution is 7.15. The topological polar surface area (TPSA) is 54.4 Å². The molecule has 3 heterocycles. The molecule has 0 atom stereocenters. The van der Waals surface area contributed by atoms with Crippen LogP contribution < -0.4 is 14.5 Å². The van der Waals surface area contributed by atoms with Crippen molar-refractivity contribution in [1.29, 1.82) is 0 Å². The van der Waals surface area contributed by atoms with E-state index in [1.165, 1.54) is 0 Å². The average Bonchev–Trinajstić information content (AvgIpc) is 3.06. The molecule has 0 radical (unpaired) electrons. The molecule has 1 aliphatic rings. The molecule has 24 heavy (non-hydrogen) atoms. The smallest absolute Gasteiger partial charge is 0.427 e. The van der Waals surface area contributed by atoms with Crippen molar-refractivity contribution in [1.82, 2.24) is 15.0 Å². The van der Waals surface area contributed by atoms with Crippen LogP contribution in [0.15, 0.2) is 18.5 Å². The normalized spacial score (nSPS) is 15.7. The van der Waals surface area contributed by atoms with Crippen molar-refractivity contribution in [2.24, 2.45) is 0 Å². The largest absolute Gasteiger partial charge is 0.478 e. The fourth-order valence-corrected chi connectivity index (χ4v) is 3.19. The third-order valence-corrected chi connectivity index (χ3v) is 4.62. The predicted molar refractivity (Wildman–Crippen MR) is 84.7 cm³/mol. The van der Waals surface area contributed by atoms with E-state index in [1.54, 1.807) is 12.3 Å². The molecule has 3 rings (SSSR count). The molecule has 0 bridgehead atoms. The highest BCUT2D eigenvalue weighted by atomic mass is 32.1. The molecule has 2 aromatic rings. The molecule has 0 N–H and O–H groups in total. The number of rotatable bonds is 4. The molecule has 2 aromatic heterocycles. The zero-order chi connectivity index (χ0) is 17.2. The van der Waals surface area contributed by atoms with Gasteiger partial charge >= 0.3 is 6.18 Å². The van der Waals surface area contributed by atoms with Gasteiger partial charge in [0.25, 0.3) is 0 Å². The first-order valence-corrected chi connectivity index (χ1v) is 8.28. The third kappa shape index (κ3) is 3.69. The SMILES string of the molecule is CCOc1ccnc(N2CCN(c3ncc(C(F)(F)F)s3)CC2)n1. The molecule has 1 fully saturated rings. The Morgan fingerprint density at radius 1 is 1.17 bits per heavy atom. The molecule has 1 aliphatic heterocycles. The average molecular weight is 359 g/mol. The minimum absolute atomic E-state index is 0.394. The molecule has 0 amide bonds. The Morgan fingerprint density at radius 3 is 2.50 bits per heavy atom. The molecule has 0 unspecified atom stereocenters. The number of ether oxygens (including phenoxy) is 1. The van der Waals surface area contributed by atoms with Gasteiger partial charge in [0.2, 0.25) is 11.8 Å². The monoisotopic (exact) mass is 359 g/mol. The zero-order valence-electron chi connectivity index (χ0n) is 13.0. The van der Waals surface area contributed by atoms with E-state index in [9.17, 15) is 13.2 Å². The molecule has 0 aromatic carbocycles. The van der Waals surface area contributed by atoms with Crippen LogP contribution in [0.1, 0.15) is 11.8 Å². The molecular formula is C14H16F3N5OS. The lowest BCUT2D eigenvalue weighted by Crippen LogP contribution is -2.47. The Labute approximate surface area is 140 Å². The van der Waals surface area contributed by atoms with Gasteiger partial charge in [0.05, 0.1) is 12.8 Å². The summed E-state index contributed by atoms with van der Waals surface area (Å²) < 4.78 is 43.4. The molecule has 1 saturated heterocycles. The van der Waals surface area contributed by atoms with E-state index in [4.69, 9.17) is 4.74 Å². The minimum atomic E-state index is -4.34. The van der Waals surface area contributed by atoms with Gasteiger partial charge in [-0.15, -0.1) is 0 Å². The summed E-state index contributed by atoms with van der Waals surface area (Å²) in [5.41, 5.74) is 0. The summed E-state index contributed by atoms with van der Waals surface area (Å²) in [7, 11) is 0. The first kappa shape index (κ1) is 16.7. The van der Waals surface area contributed by atoms with Crippen LogP contribution in [0.2, 0.25) is 0 Å². The second-order valence-electron chi connectivity index (χ2n) is 5.11. The number of thiazole rings is 1. The van der Waals surface area contributed by atoms with Crippen molar-refractivity contribution in [2.45, 2.75) is 13.1 Å². The van der Waals surface area contributed by atoms with Crippen LogP contribution in [0, 0.1) is 0 Å². The molecular weight excluding hydrogens is 343 g/mol. The fourth-order valence-electron chi connectivity index (χ4n) is 2.35. The maximum atomic E-state index is 12.7. The highest BCUT2D eigenvalue weighted by Crippen LogP contribution is 2.36. The van der Waals surface area contributed by atoms with E-state index >= 15 is 0 Å². The van der Waals surface area contributed by atoms with E-state index in [0.717, 1.165) is 6.20 Å². The second kappa shape index (κ2) is 6.80. The Balaban J connectivity index is 1.63. The molecule has 130 valence electrons. The number of aromatic nitrogens is 3. The quantitative estimate of drug-likeness (QED) is 0.837. The lowest BCUT2D eigenvalue weighted by Gasteiger charge is -2.34. The molecule has 0 saturated carbocycles. The summed E-state index contributed by atoms with van der Waals surface area (Å²) in [4.78, 5) is 15.6. The summed E-state index contributed by atoms with van der Waals surface area (Å²) in [6.45, 7) is 4.74. The number of halogens is 3. The summed E-state index contributed by atoms with van der Waals surface area (Å²) in [6.07, 6.45) is -1.82. The molecule has 0 spiro atoms. The van der Waals surface area contributed by atoms with Crippen molar-refractivity contribution in [3.63, 3.8) is 0 Å². The minimum Gasteiger partial charge on any atom is -0.478 e. The van der Waals surface area contributed by atoms with Crippen molar-refractivity contribution >= 4 is 22.4 Å². The predicted octanol–water partition coefficient (Wildman–Crippen LogP) is 2.68. The fraction of sp³-hybridized carbons (Fsp3) is 0.500. The Kier molecular flexibility index (Phi) is 4.74. The van der Waals surface area contributed by atoms with E-state index < -0.39 is 11.1 Å². The zero-order valence-corrected chi connectivity index (χ0v) is 13.8. The van der Waals surface area contributed by atoms with Gasteiger partial charge in [-0.2, -0.15) is 18.2 Å². The van der Waals surface area contributed by atoms with Gasteiger partial charge in [-0.1, -0.05) is 11.3 Å². The van der Waals surface area contributed by atoms with Crippen LogP contribution in [0.4, 0.5) is 24.3 Å². The molecule has 0 aliphatic carbocycles. The van der Waals surface area contributed by atoms with Gasteiger partial charge in [0.1, 0.15) is 4.88 Å². The Bertz CT molecular complexity index is 685. The number of anilines is 2. The van der Waals surface area contributed by atoms with Gasteiger partial charge in [-0.05, 0) is 6.92 Å². The van der Waals surface area contributed by atoms with Crippen LogP contribution in [-0.4, -0.2) is 47.7 Å². The summed E-state index contributed by atoms with van der Waals surface area (Å²) in [5.74, 6) is 1.08. The summed E-state index contributed by atoms with van der Waals surface area (Å²) in [5, 5.41) is 0.394. The first-order chi connectivity index (χ1) is 11.5. The lowest BCUT2D eigenvalue weighted by atomic mass is 10.3. The van der Waals surface area contributed by atoms with Gasteiger partial charge in [-0.25, -0.2) is 9.97 Å². The maximum Gasteiger partial charge on any atom is 0.427 e. The van der Waals surface area contributed by atoms with Crippen LogP contribution >= 0.6 is 11.3 Å². The summed E-state index contributed by atoms with van der Waals surface area (Å²) >= 11 is 0.672. The molecule has 6 nitrogen and oxygen atoms in total. The number of nitrogens with zero attached hydrogens (tertiary/aromatic N) is 5. The molecule has 10 heteroatoms. The van der Waals surface area contributed by atoms with E-state index in [-0.39, 0.29) is 0 Å². The van der Waals surface area contributed by atoms with Crippen LogP contribution in [0.3, 0.4) is 0 Å². The van der Waals surface area contributed by atoms with Crippen molar-refractivity contribution in [2.75, 3.05) is 42.6 Å². The number of alkyl halides is 3. The van der Waals surface area contributed by atoms with Gasteiger partial charge in [0, 0.05) is 38.4 Å². The van der Waals surface area contributed by atoms with Gasteiger partial charge < -0.3 is 14.5 Å². The highest BCUT2D eigenvalue weighted by Gasteiger charge is 2.34. The lowest BCUT2D eigenvalue weighted by molar-refractivity contribution is -0.134. The van der Waals surface area contributed by atoms with Crippen LogP contribution in [0.5, 0.6) is 5.88 Å². The van der Waals surface area contributed by atoms with Crippen LogP contribution in [0.25, 0.3) is 0 Å². The Hall–Kier alpha value is -2.10. The Morgan fingerprint density at radius 2 is 1.88 bits per heavy atom. The third-order valence-electron chi connectivity index (χ3n) is 3.52. The number of piperazine rings is 1. The van der Waals surface area contributed by atoms with Gasteiger partial charge in [-0.3, -0.25) is 0 Å². The van der Waals surface area contributed by atoms with Crippen molar-refractivity contribution in [3.8, 4) is 5.88 Å². The number of hydrogen-bond acceptors (Lipinski definition) is 7. The maximum absolute atomic E-state index is 12.7. The standard InChI is InChI=1S/C14H16F3N5OS/c1-2-23-11-3-4-18-12(20-11)21-5-7-22(8-6-21)13-19-9-10(24-13)14(15,16)17/h3-4,9H,2,5-8H2,1H3.